The molecule has 1 aromatic heterocycles. The van der Waals surface area contributed by atoms with Gasteiger partial charge in [-0.2, -0.15) is 0 Å². The van der Waals surface area contributed by atoms with Gasteiger partial charge in [0.15, 0.2) is 0 Å². The molecule has 1 amide bonds. The zero-order valence-electron chi connectivity index (χ0n) is 18.6. The Bertz CT molecular complexity index is 1290. The number of ether oxygens (including phenoxy) is 1. The number of benzene rings is 2. The van der Waals surface area contributed by atoms with Crippen LogP contribution in [-0.2, 0) is 14.8 Å². The second kappa shape index (κ2) is 10.4. The molecule has 3 rings (SSSR count). The topological polar surface area (TPSA) is 144 Å². The fraction of sp³-hybridized carbons (Fsp3) is 0.227. The number of aryl methyl sites for hydroxylation is 1. The first-order valence-corrected chi connectivity index (χ1v) is 11.2. The van der Waals surface area contributed by atoms with E-state index in [2.05, 4.69) is 10.0 Å². The zero-order chi connectivity index (χ0) is 24.4. The molecule has 34 heavy (non-hydrogen) atoms. The fourth-order valence-corrected chi connectivity index (χ4v) is 3.93. The summed E-state index contributed by atoms with van der Waals surface area (Å²) in [4.78, 5) is 11.9. The number of halogens is 2. The van der Waals surface area contributed by atoms with Crippen LogP contribution in [0.5, 0.6) is 5.75 Å². The largest absolute Gasteiger partial charge is 0.495 e. The van der Waals surface area contributed by atoms with Crippen LogP contribution in [-0.4, -0.2) is 38.7 Å². The summed E-state index contributed by atoms with van der Waals surface area (Å²) in [5.41, 5.74) is 4.51. The molecule has 5 N–H and O–H groups in total. The molecule has 1 atom stereocenters. The third kappa shape index (κ3) is 5.86. The average molecular weight is 514 g/mol. The van der Waals surface area contributed by atoms with E-state index in [-0.39, 0.29) is 45.8 Å². The molecule has 12 heteroatoms. The van der Waals surface area contributed by atoms with Crippen LogP contribution in [0.3, 0.4) is 0 Å². The van der Waals surface area contributed by atoms with E-state index in [0.29, 0.717) is 5.76 Å². The highest BCUT2D eigenvalue weighted by atomic mass is 35.5. The molecular weight excluding hydrogens is 489 g/mol. The second-order valence-electron chi connectivity index (χ2n) is 7.60. The summed E-state index contributed by atoms with van der Waals surface area (Å²) in [6.07, 6.45) is 0. The molecule has 9 nitrogen and oxygen atoms in total. The van der Waals surface area contributed by atoms with Crippen molar-refractivity contribution in [2.24, 2.45) is 5.73 Å². The van der Waals surface area contributed by atoms with Gasteiger partial charge in [-0.05, 0) is 62.4 Å². The van der Waals surface area contributed by atoms with Gasteiger partial charge in [-0.3, -0.25) is 9.52 Å². The van der Waals surface area contributed by atoms with Crippen LogP contribution in [0.4, 0.5) is 15.8 Å². The molecule has 2 aromatic carbocycles. The van der Waals surface area contributed by atoms with E-state index in [4.69, 9.17) is 14.9 Å². The van der Waals surface area contributed by atoms with Crippen LogP contribution in [0.15, 0.2) is 57.8 Å². The molecular formula is C22H25ClFN3O6S. The van der Waals surface area contributed by atoms with Gasteiger partial charge in [0.05, 0.1) is 29.9 Å². The van der Waals surface area contributed by atoms with Gasteiger partial charge in [0.2, 0.25) is 5.91 Å². The van der Waals surface area contributed by atoms with Crippen LogP contribution in [0.1, 0.15) is 12.7 Å². The van der Waals surface area contributed by atoms with Crippen molar-refractivity contribution in [2.75, 3.05) is 23.8 Å². The highest BCUT2D eigenvalue weighted by molar-refractivity contribution is 7.92. The first kappa shape index (κ1) is 27.1. The van der Waals surface area contributed by atoms with Crippen molar-refractivity contribution in [1.82, 2.24) is 0 Å². The number of rotatable bonds is 8. The summed E-state index contributed by atoms with van der Waals surface area (Å²) >= 11 is 0. The van der Waals surface area contributed by atoms with E-state index in [1.807, 2.05) is 0 Å². The van der Waals surface area contributed by atoms with Crippen LogP contribution < -0.4 is 20.5 Å². The van der Waals surface area contributed by atoms with E-state index in [1.165, 1.54) is 44.4 Å². The van der Waals surface area contributed by atoms with E-state index in [1.54, 1.807) is 19.1 Å². The lowest BCUT2D eigenvalue weighted by molar-refractivity contribution is -0.121. The number of amides is 1. The number of carbonyl (C=O) groups is 1. The summed E-state index contributed by atoms with van der Waals surface area (Å²) in [6.45, 7) is 2.47. The van der Waals surface area contributed by atoms with Crippen LogP contribution in [0.25, 0.3) is 11.3 Å². The Labute approximate surface area is 202 Å². The van der Waals surface area contributed by atoms with Crippen molar-refractivity contribution in [3.63, 3.8) is 0 Å². The number of furan rings is 1. The Hall–Kier alpha value is -3.12. The standard InChI is InChI=1S/C22H24FN3O6S.ClH/c1-13-4-8-19(32-13)16-7-6-15(11-17(16)23)33(29,30)26-18-10-14(5-9-20(18)31-3)25-21(28)22(2,24)12-27;/h4-11,26-27H,12,24H2,1-3H3,(H,25,28);1H/t22-;/m0./s1. The van der Waals surface area contributed by atoms with Gasteiger partial charge in [0, 0.05) is 5.69 Å². The Morgan fingerprint density at radius 3 is 2.47 bits per heavy atom. The number of anilines is 2. The Morgan fingerprint density at radius 1 is 1.21 bits per heavy atom. The molecule has 1 heterocycles. The van der Waals surface area contributed by atoms with Gasteiger partial charge in [0.25, 0.3) is 10.0 Å². The van der Waals surface area contributed by atoms with Crippen LogP contribution in [0, 0.1) is 12.7 Å². The van der Waals surface area contributed by atoms with E-state index < -0.39 is 33.9 Å². The second-order valence-corrected chi connectivity index (χ2v) is 9.28. The molecule has 0 spiro atoms. The van der Waals surface area contributed by atoms with Crippen molar-refractivity contribution in [3.05, 3.63) is 60.1 Å². The number of hydrogen-bond donors (Lipinski definition) is 4. The average Bonchev–Trinajstić information content (AvgIpc) is 3.19. The summed E-state index contributed by atoms with van der Waals surface area (Å²) in [7, 11) is -2.88. The number of hydrogen-bond acceptors (Lipinski definition) is 7. The van der Waals surface area contributed by atoms with Gasteiger partial charge in [0.1, 0.15) is 28.6 Å². The van der Waals surface area contributed by atoms with E-state index in [0.717, 1.165) is 6.07 Å². The van der Waals surface area contributed by atoms with Gasteiger partial charge in [-0.15, -0.1) is 12.4 Å². The number of aliphatic hydroxyl groups is 1. The van der Waals surface area contributed by atoms with Crippen molar-refractivity contribution in [3.8, 4) is 17.1 Å². The number of carbonyl (C=O) groups excluding carboxylic acids is 1. The summed E-state index contributed by atoms with van der Waals surface area (Å²) in [5, 5.41) is 11.7. The maximum Gasteiger partial charge on any atom is 0.262 e. The SMILES string of the molecule is COc1ccc(NC(=O)[C@@](C)(N)CO)cc1NS(=O)(=O)c1ccc(-c2ccc(C)o2)c(F)c1.Cl. The van der Waals surface area contributed by atoms with Gasteiger partial charge in [-0.25, -0.2) is 12.8 Å². The molecule has 0 unspecified atom stereocenters. The summed E-state index contributed by atoms with van der Waals surface area (Å²) < 4.78 is 53.4. The van der Waals surface area contributed by atoms with Crippen LogP contribution in [0.2, 0.25) is 0 Å². The monoisotopic (exact) mass is 513 g/mol. The number of nitrogens with one attached hydrogen (secondary N) is 2. The van der Waals surface area contributed by atoms with Gasteiger partial charge in [-0.1, -0.05) is 0 Å². The van der Waals surface area contributed by atoms with Crippen LogP contribution >= 0.6 is 12.4 Å². The maximum atomic E-state index is 14.7. The third-order valence-electron chi connectivity index (χ3n) is 4.81. The highest BCUT2D eigenvalue weighted by Gasteiger charge is 2.28. The number of aliphatic hydroxyl groups excluding tert-OH is 1. The molecule has 0 bridgehead atoms. The molecule has 0 fully saturated rings. The molecule has 0 radical (unpaired) electrons. The first-order valence-electron chi connectivity index (χ1n) is 9.75. The van der Waals surface area contributed by atoms with Crippen molar-refractivity contribution in [1.29, 1.82) is 0 Å². The van der Waals surface area contributed by atoms with Crippen molar-refractivity contribution in [2.45, 2.75) is 24.3 Å². The Kier molecular flexibility index (Phi) is 8.32. The number of methoxy groups -OCH3 is 1. The third-order valence-corrected chi connectivity index (χ3v) is 6.17. The van der Waals surface area contributed by atoms with Crippen molar-refractivity contribution < 1.29 is 31.9 Å². The molecule has 0 aliphatic heterocycles. The van der Waals surface area contributed by atoms with Gasteiger partial charge >= 0.3 is 0 Å². The lowest BCUT2D eigenvalue weighted by atomic mass is 10.0. The molecule has 0 aliphatic carbocycles. The van der Waals surface area contributed by atoms with E-state index in [9.17, 15) is 22.7 Å². The number of sulfonamides is 1. The predicted molar refractivity (Wildman–Crippen MR) is 128 cm³/mol. The molecule has 0 aliphatic rings. The molecule has 184 valence electrons. The lowest BCUT2D eigenvalue weighted by Gasteiger charge is -2.21. The normalized spacial score (nSPS) is 12.9. The first-order chi connectivity index (χ1) is 15.5. The minimum absolute atomic E-state index is 0. The van der Waals surface area contributed by atoms with Gasteiger partial charge < -0.3 is 25.3 Å². The minimum Gasteiger partial charge on any atom is -0.495 e. The Balaban J connectivity index is 0.00000408. The summed E-state index contributed by atoms with van der Waals surface area (Å²) in [5.74, 6) is -0.406. The highest BCUT2D eigenvalue weighted by Crippen LogP contribution is 2.32. The summed E-state index contributed by atoms with van der Waals surface area (Å²) in [6, 6.07) is 10.9. The molecule has 3 aromatic rings. The predicted octanol–water partition coefficient (Wildman–Crippen LogP) is 3.27. The molecule has 0 saturated heterocycles. The maximum absolute atomic E-state index is 14.7. The van der Waals surface area contributed by atoms with Crippen molar-refractivity contribution >= 4 is 39.7 Å². The quantitative estimate of drug-likeness (QED) is 0.362. The minimum atomic E-state index is -4.22. The number of nitrogens with two attached hydrogens (primary N) is 1. The lowest BCUT2D eigenvalue weighted by Crippen LogP contribution is -2.51. The molecule has 0 saturated carbocycles. The fourth-order valence-electron chi connectivity index (χ4n) is 2.86. The van der Waals surface area contributed by atoms with E-state index >= 15 is 0 Å². The zero-order valence-corrected chi connectivity index (χ0v) is 20.2. The smallest absolute Gasteiger partial charge is 0.262 e. The Morgan fingerprint density at radius 2 is 1.91 bits per heavy atom.